The third-order valence-electron chi connectivity index (χ3n) is 7.44. The number of hydrogen-bond acceptors (Lipinski definition) is 5. The first-order chi connectivity index (χ1) is 18.1. The number of nitrogens with zero attached hydrogens (tertiary/aromatic N) is 5. The van der Waals surface area contributed by atoms with Crippen molar-refractivity contribution in [2.24, 2.45) is 5.92 Å². The fraction of sp³-hybridized carbons (Fsp3) is 0.414. The fourth-order valence-electron chi connectivity index (χ4n) is 5.36. The molecule has 0 amide bonds. The molecular formula is C29H34N6O2. The average Bonchev–Trinajstić information content (AvgIpc) is 3.57. The lowest BCUT2D eigenvalue weighted by Gasteiger charge is -2.20. The number of carbonyl (C=O) groups is 1. The highest BCUT2D eigenvalue weighted by Crippen LogP contribution is 2.30. The zero-order valence-corrected chi connectivity index (χ0v) is 21.4. The molecule has 0 radical (unpaired) electrons. The number of H-pyrrole nitrogens is 1. The van der Waals surface area contributed by atoms with Crippen LogP contribution in [0.5, 0.6) is 0 Å². The van der Waals surface area contributed by atoms with Crippen molar-refractivity contribution in [1.29, 1.82) is 0 Å². The molecule has 0 saturated heterocycles. The molecule has 8 nitrogen and oxygen atoms in total. The van der Waals surface area contributed by atoms with Crippen LogP contribution in [0.4, 0.5) is 0 Å². The summed E-state index contributed by atoms with van der Waals surface area (Å²) in [6, 6.07) is 16.2. The molecule has 1 saturated carbocycles. The molecule has 2 aromatic carbocycles. The molecule has 0 unspecified atom stereocenters. The van der Waals surface area contributed by atoms with Gasteiger partial charge in [0.15, 0.2) is 5.82 Å². The lowest BCUT2D eigenvalue weighted by molar-refractivity contribution is 0.0863. The van der Waals surface area contributed by atoms with Gasteiger partial charge in [-0.2, -0.15) is 0 Å². The summed E-state index contributed by atoms with van der Waals surface area (Å²) < 4.78 is 3.15. The normalized spacial score (nSPS) is 14.2. The Bertz CT molecular complexity index is 1380. The van der Waals surface area contributed by atoms with Crippen LogP contribution in [0.2, 0.25) is 0 Å². The molecule has 37 heavy (non-hydrogen) atoms. The van der Waals surface area contributed by atoms with Crippen LogP contribution in [0.15, 0.2) is 59.5 Å². The minimum absolute atomic E-state index is 0.0674. The Labute approximate surface area is 216 Å². The zero-order valence-electron chi connectivity index (χ0n) is 21.4. The molecule has 1 N–H and O–H groups in total. The van der Waals surface area contributed by atoms with Crippen molar-refractivity contribution in [3.8, 4) is 22.5 Å². The van der Waals surface area contributed by atoms with Crippen molar-refractivity contribution in [2.45, 2.75) is 71.3 Å². The van der Waals surface area contributed by atoms with Crippen LogP contribution in [0, 0.1) is 5.92 Å². The molecule has 2 aromatic heterocycles. The molecule has 8 heteroatoms. The van der Waals surface area contributed by atoms with Crippen molar-refractivity contribution in [1.82, 2.24) is 29.8 Å². The van der Waals surface area contributed by atoms with Crippen molar-refractivity contribution < 1.29 is 4.79 Å². The second-order valence-electron chi connectivity index (χ2n) is 10.1. The molecule has 1 aliphatic carbocycles. The van der Waals surface area contributed by atoms with E-state index in [9.17, 15) is 9.59 Å². The van der Waals surface area contributed by atoms with Crippen LogP contribution in [0.25, 0.3) is 22.5 Å². The van der Waals surface area contributed by atoms with Crippen LogP contribution < -0.4 is 5.69 Å². The summed E-state index contributed by atoms with van der Waals surface area (Å²) in [6.45, 7) is 2.58. The van der Waals surface area contributed by atoms with Gasteiger partial charge in [-0.15, -0.1) is 5.10 Å². The lowest BCUT2D eigenvalue weighted by atomic mass is 9.87. The minimum atomic E-state index is -0.223. The Morgan fingerprint density at radius 1 is 1.03 bits per heavy atom. The van der Waals surface area contributed by atoms with E-state index in [0.717, 1.165) is 60.1 Å². The molecule has 1 aliphatic rings. The molecule has 1 fully saturated rings. The Morgan fingerprint density at radius 3 is 2.49 bits per heavy atom. The third-order valence-corrected chi connectivity index (χ3v) is 7.44. The molecule has 0 atom stereocenters. The predicted molar refractivity (Wildman–Crippen MR) is 143 cm³/mol. The molecule has 0 spiro atoms. The Kier molecular flexibility index (Phi) is 7.73. The molecule has 4 aromatic rings. The van der Waals surface area contributed by atoms with E-state index in [1.54, 1.807) is 10.8 Å². The first-order valence-corrected chi connectivity index (χ1v) is 13.4. The number of unbranched alkanes of at least 4 members (excludes halogenated alkanes) is 1. The van der Waals surface area contributed by atoms with Gasteiger partial charge in [0.25, 0.3) is 0 Å². The number of aromatic amines is 1. The van der Waals surface area contributed by atoms with Gasteiger partial charge in [-0.1, -0.05) is 81.1 Å². The standard InChI is InChI=1S/C29H34N6O2/c1-2-3-11-24-20-35(27(36)18-21-9-5-4-6-10-21)29(37)34(24)19-22-14-16-23(17-15-22)25-12-7-8-13-26(25)28-30-32-33-31-28/h7-8,12-17,20-21H,2-6,9-11,18-19H2,1H3,(H,30,31,32,33). The number of aryl methyl sites for hydroxylation is 1. The first-order valence-electron chi connectivity index (χ1n) is 13.4. The number of hydrogen-bond donors (Lipinski definition) is 1. The summed E-state index contributed by atoms with van der Waals surface area (Å²) in [6.07, 6.45) is 10.9. The molecule has 192 valence electrons. The topological polar surface area (TPSA) is 98.5 Å². The van der Waals surface area contributed by atoms with Gasteiger partial charge in [0.05, 0.1) is 6.54 Å². The summed E-state index contributed by atoms with van der Waals surface area (Å²) in [5, 5.41) is 14.3. The highest BCUT2D eigenvalue weighted by Gasteiger charge is 2.21. The number of carbonyl (C=O) groups excluding carboxylic acids is 1. The van der Waals surface area contributed by atoms with Gasteiger partial charge in [-0.3, -0.25) is 9.36 Å². The maximum absolute atomic E-state index is 13.4. The third kappa shape index (κ3) is 5.63. The second-order valence-corrected chi connectivity index (χ2v) is 10.1. The van der Waals surface area contributed by atoms with Gasteiger partial charge in [0, 0.05) is 23.9 Å². The van der Waals surface area contributed by atoms with Crippen LogP contribution in [0.1, 0.15) is 74.3 Å². The summed E-state index contributed by atoms with van der Waals surface area (Å²) in [5.41, 5.74) is 4.70. The molecular weight excluding hydrogens is 464 g/mol. The maximum atomic E-state index is 13.4. The van der Waals surface area contributed by atoms with Gasteiger partial charge in [0.2, 0.25) is 5.91 Å². The molecule has 0 bridgehead atoms. The van der Waals surface area contributed by atoms with E-state index in [2.05, 4.69) is 39.7 Å². The van der Waals surface area contributed by atoms with E-state index in [0.29, 0.717) is 24.7 Å². The summed E-state index contributed by atoms with van der Waals surface area (Å²) in [7, 11) is 0. The molecule has 0 aliphatic heterocycles. The summed E-state index contributed by atoms with van der Waals surface area (Å²) >= 11 is 0. The number of tetrazole rings is 1. The number of rotatable bonds is 9. The lowest BCUT2D eigenvalue weighted by Crippen LogP contribution is -2.30. The largest absolute Gasteiger partial charge is 0.335 e. The number of benzene rings is 2. The van der Waals surface area contributed by atoms with E-state index in [1.807, 2.05) is 36.4 Å². The Balaban J connectivity index is 1.38. The highest BCUT2D eigenvalue weighted by molar-refractivity contribution is 5.80. The highest BCUT2D eigenvalue weighted by atomic mass is 16.2. The van der Waals surface area contributed by atoms with E-state index < -0.39 is 0 Å². The van der Waals surface area contributed by atoms with Gasteiger partial charge >= 0.3 is 5.69 Å². The van der Waals surface area contributed by atoms with Crippen LogP contribution in [0.3, 0.4) is 0 Å². The smallest absolute Gasteiger partial charge is 0.292 e. The summed E-state index contributed by atoms with van der Waals surface area (Å²) in [4.78, 5) is 26.5. The van der Waals surface area contributed by atoms with Crippen molar-refractivity contribution >= 4 is 5.91 Å². The summed E-state index contributed by atoms with van der Waals surface area (Å²) in [5.74, 6) is 0.951. The Hall–Kier alpha value is -3.81. The second kappa shape index (κ2) is 11.5. The van der Waals surface area contributed by atoms with E-state index in [-0.39, 0.29) is 11.6 Å². The van der Waals surface area contributed by atoms with Crippen molar-refractivity contribution in [2.75, 3.05) is 0 Å². The van der Waals surface area contributed by atoms with Crippen molar-refractivity contribution in [3.63, 3.8) is 0 Å². The SMILES string of the molecule is CCCCc1cn(C(=O)CC2CCCCC2)c(=O)n1Cc1ccc(-c2ccccc2-c2nnn[nH]2)cc1. The zero-order chi connectivity index (χ0) is 25.6. The fourth-order valence-corrected chi connectivity index (χ4v) is 5.36. The maximum Gasteiger partial charge on any atom is 0.335 e. The van der Waals surface area contributed by atoms with Gasteiger partial charge < -0.3 is 0 Å². The van der Waals surface area contributed by atoms with E-state index in [1.165, 1.54) is 23.8 Å². The van der Waals surface area contributed by atoms with Crippen molar-refractivity contribution in [3.05, 3.63) is 76.5 Å². The van der Waals surface area contributed by atoms with E-state index in [4.69, 9.17) is 0 Å². The van der Waals surface area contributed by atoms with E-state index >= 15 is 0 Å². The van der Waals surface area contributed by atoms with Gasteiger partial charge in [0.1, 0.15) is 0 Å². The minimum Gasteiger partial charge on any atom is -0.292 e. The monoisotopic (exact) mass is 498 g/mol. The number of imidazole rings is 1. The predicted octanol–water partition coefficient (Wildman–Crippen LogP) is 5.50. The van der Waals surface area contributed by atoms with Crippen LogP contribution >= 0.6 is 0 Å². The first kappa shape index (κ1) is 24.9. The molecule has 5 rings (SSSR count). The number of aromatic nitrogens is 6. The van der Waals surface area contributed by atoms with Gasteiger partial charge in [-0.05, 0) is 58.7 Å². The average molecular weight is 499 g/mol. The quantitative estimate of drug-likeness (QED) is 0.329. The van der Waals surface area contributed by atoms with Crippen LogP contribution in [-0.2, 0) is 13.0 Å². The molecule has 2 heterocycles. The Morgan fingerprint density at radius 2 is 1.78 bits per heavy atom. The van der Waals surface area contributed by atoms with Gasteiger partial charge in [-0.25, -0.2) is 14.5 Å². The number of nitrogens with one attached hydrogen (secondary N) is 1. The van der Waals surface area contributed by atoms with Crippen LogP contribution in [-0.4, -0.2) is 35.7 Å².